The van der Waals surface area contributed by atoms with Gasteiger partial charge in [-0.2, -0.15) is 0 Å². The highest BCUT2D eigenvalue weighted by Gasteiger charge is 2.29. The van der Waals surface area contributed by atoms with Crippen LogP contribution in [0.2, 0.25) is 0 Å². The lowest BCUT2D eigenvalue weighted by atomic mass is 10.2. The Hall–Kier alpha value is -0.770. The molecule has 4 heteroatoms. The molecule has 94 valence electrons. The molecule has 0 aromatic carbocycles. The van der Waals surface area contributed by atoms with E-state index in [-0.39, 0.29) is 12.2 Å². The lowest BCUT2D eigenvalue weighted by Crippen LogP contribution is -2.36. The number of hydrogen-bond acceptors (Lipinski definition) is 3. The highest BCUT2D eigenvalue weighted by Crippen LogP contribution is 2.17. The molecule has 0 aromatic rings. The summed E-state index contributed by atoms with van der Waals surface area (Å²) in [6, 6.07) is 0. The van der Waals surface area contributed by atoms with Crippen LogP contribution in [-0.2, 0) is 9.47 Å². The lowest BCUT2D eigenvalue weighted by Gasteiger charge is -2.24. The number of rotatable bonds is 3. The van der Waals surface area contributed by atoms with Crippen molar-refractivity contribution in [2.45, 2.75) is 52.2 Å². The van der Waals surface area contributed by atoms with Crippen LogP contribution in [0.25, 0.3) is 0 Å². The summed E-state index contributed by atoms with van der Waals surface area (Å²) in [5.74, 6) is 0. The second-order valence-corrected chi connectivity index (χ2v) is 5.21. The fourth-order valence-electron chi connectivity index (χ4n) is 1.64. The summed E-state index contributed by atoms with van der Waals surface area (Å²) in [5, 5.41) is 0. The molecule has 1 heterocycles. The Labute approximate surface area is 97.9 Å². The third-order valence-electron chi connectivity index (χ3n) is 2.35. The fraction of sp³-hybridized carbons (Fsp3) is 0.917. The van der Waals surface area contributed by atoms with E-state index >= 15 is 0 Å². The number of carbonyl (C=O) groups is 1. The van der Waals surface area contributed by atoms with Crippen molar-refractivity contribution >= 4 is 6.09 Å². The average Bonchev–Trinajstić information content (AvgIpc) is 2.60. The predicted octanol–water partition coefficient (Wildman–Crippen LogP) is 2.42. The molecule has 0 spiro atoms. The van der Waals surface area contributed by atoms with Crippen molar-refractivity contribution < 1.29 is 14.3 Å². The molecular weight excluding hydrogens is 206 g/mol. The van der Waals surface area contributed by atoms with E-state index in [0.29, 0.717) is 6.54 Å². The fourth-order valence-corrected chi connectivity index (χ4v) is 1.64. The van der Waals surface area contributed by atoms with Gasteiger partial charge >= 0.3 is 6.09 Å². The number of ether oxygens (including phenoxy) is 2. The smallest absolute Gasteiger partial charge is 0.410 e. The van der Waals surface area contributed by atoms with Gasteiger partial charge in [0.05, 0.1) is 12.6 Å². The summed E-state index contributed by atoms with van der Waals surface area (Å²) in [6.45, 7) is 9.90. The van der Waals surface area contributed by atoms with Gasteiger partial charge in [0, 0.05) is 13.2 Å². The Kier molecular flexibility index (Phi) is 4.59. The van der Waals surface area contributed by atoms with Gasteiger partial charge in [0.1, 0.15) is 5.60 Å². The van der Waals surface area contributed by atoms with Crippen molar-refractivity contribution in [3.05, 3.63) is 0 Å². The van der Waals surface area contributed by atoms with E-state index < -0.39 is 5.60 Å². The standard InChI is InChI=1S/C12H23NO3/c1-5-8-15-10-6-7-13(9-10)11(14)16-12(2,3)4/h10H,5-9H2,1-4H3/t10-/m1/s1. The first-order valence-corrected chi connectivity index (χ1v) is 6.02. The van der Waals surface area contributed by atoms with E-state index in [2.05, 4.69) is 6.92 Å². The zero-order chi connectivity index (χ0) is 12.2. The molecule has 0 bridgehead atoms. The summed E-state index contributed by atoms with van der Waals surface area (Å²) in [5.41, 5.74) is -0.417. The van der Waals surface area contributed by atoms with Crippen LogP contribution in [0.4, 0.5) is 4.79 Å². The summed E-state index contributed by atoms with van der Waals surface area (Å²) in [7, 11) is 0. The minimum atomic E-state index is -0.417. The number of likely N-dealkylation sites (tertiary alicyclic amines) is 1. The average molecular weight is 229 g/mol. The first-order chi connectivity index (χ1) is 7.42. The first kappa shape index (κ1) is 13.3. The van der Waals surface area contributed by atoms with E-state index in [1.54, 1.807) is 4.90 Å². The molecular formula is C12H23NO3. The molecule has 0 aromatic heterocycles. The van der Waals surface area contributed by atoms with Crippen molar-refractivity contribution in [1.29, 1.82) is 0 Å². The number of hydrogen-bond donors (Lipinski definition) is 0. The van der Waals surface area contributed by atoms with Crippen LogP contribution in [0.1, 0.15) is 40.5 Å². The first-order valence-electron chi connectivity index (χ1n) is 6.02. The van der Waals surface area contributed by atoms with E-state index in [4.69, 9.17) is 9.47 Å². The minimum absolute atomic E-state index is 0.187. The predicted molar refractivity (Wildman–Crippen MR) is 62.5 cm³/mol. The third kappa shape index (κ3) is 4.39. The van der Waals surface area contributed by atoms with Crippen LogP contribution in [-0.4, -0.2) is 42.4 Å². The van der Waals surface area contributed by atoms with Gasteiger partial charge in [-0.25, -0.2) is 4.79 Å². The molecule has 1 aliphatic rings. The second-order valence-electron chi connectivity index (χ2n) is 5.21. The van der Waals surface area contributed by atoms with Crippen molar-refractivity contribution in [2.75, 3.05) is 19.7 Å². The normalized spacial score (nSPS) is 21.2. The third-order valence-corrected chi connectivity index (χ3v) is 2.35. The highest BCUT2D eigenvalue weighted by atomic mass is 16.6. The van der Waals surface area contributed by atoms with Gasteiger partial charge in [-0.15, -0.1) is 0 Å². The summed E-state index contributed by atoms with van der Waals surface area (Å²) in [6.07, 6.45) is 1.89. The van der Waals surface area contributed by atoms with Crippen molar-refractivity contribution in [3.63, 3.8) is 0 Å². The molecule has 1 saturated heterocycles. The molecule has 0 radical (unpaired) electrons. The molecule has 0 N–H and O–H groups in total. The molecule has 1 rings (SSSR count). The Morgan fingerprint density at radius 2 is 2.12 bits per heavy atom. The second kappa shape index (κ2) is 5.53. The molecule has 16 heavy (non-hydrogen) atoms. The Morgan fingerprint density at radius 3 is 2.69 bits per heavy atom. The van der Waals surface area contributed by atoms with Gasteiger partial charge in [-0.1, -0.05) is 6.92 Å². The van der Waals surface area contributed by atoms with Gasteiger partial charge in [-0.05, 0) is 33.6 Å². The van der Waals surface area contributed by atoms with Gasteiger partial charge < -0.3 is 14.4 Å². The SMILES string of the molecule is CCCO[C@@H]1CCN(C(=O)OC(C)(C)C)C1. The van der Waals surface area contributed by atoms with Crippen LogP contribution in [0.3, 0.4) is 0 Å². The van der Waals surface area contributed by atoms with Crippen molar-refractivity contribution in [1.82, 2.24) is 4.90 Å². The van der Waals surface area contributed by atoms with Gasteiger partial charge in [0.25, 0.3) is 0 Å². The summed E-state index contributed by atoms with van der Waals surface area (Å²) < 4.78 is 10.9. The Morgan fingerprint density at radius 1 is 1.44 bits per heavy atom. The molecule has 0 saturated carbocycles. The molecule has 1 aliphatic heterocycles. The van der Waals surface area contributed by atoms with E-state index in [1.165, 1.54) is 0 Å². The summed E-state index contributed by atoms with van der Waals surface area (Å²) in [4.78, 5) is 13.5. The van der Waals surface area contributed by atoms with E-state index in [1.807, 2.05) is 20.8 Å². The van der Waals surface area contributed by atoms with Crippen LogP contribution in [0, 0.1) is 0 Å². The van der Waals surface area contributed by atoms with Crippen LogP contribution < -0.4 is 0 Å². The number of amides is 1. The molecule has 1 fully saturated rings. The van der Waals surface area contributed by atoms with Gasteiger partial charge in [0.2, 0.25) is 0 Å². The maximum atomic E-state index is 11.7. The van der Waals surface area contributed by atoms with E-state index in [9.17, 15) is 4.79 Å². The van der Waals surface area contributed by atoms with E-state index in [0.717, 1.165) is 26.0 Å². The van der Waals surface area contributed by atoms with Crippen molar-refractivity contribution in [3.8, 4) is 0 Å². The largest absolute Gasteiger partial charge is 0.444 e. The lowest BCUT2D eigenvalue weighted by molar-refractivity contribution is 0.0211. The monoisotopic (exact) mass is 229 g/mol. The molecule has 1 atom stereocenters. The maximum Gasteiger partial charge on any atom is 0.410 e. The maximum absolute atomic E-state index is 11.7. The Bertz CT molecular complexity index is 235. The van der Waals surface area contributed by atoms with Crippen molar-refractivity contribution in [2.24, 2.45) is 0 Å². The zero-order valence-corrected chi connectivity index (χ0v) is 10.8. The van der Waals surface area contributed by atoms with Crippen LogP contribution >= 0.6 is 0 Å². The van der Waals surface area contributed by atoms with Gasteiger partial charge in [0.15, 0.2) is 0 Å². The molecule has 0 aliphatic carbocycles. The Balaban J connectivity index is 2.32. The highest BCUT2D eigenvalue weighted by molar-refractivity contribution is 5.68. The van der Waals surface area contributed by atoms with Crippen LogP contribution in [0.5, 0.6) is 0 Å². The quantitative estimate of drug-likeness (QED) is 0.746. The van der Waals surface area contributed by atoms with Gasteiger partial charge in [-0.3, -0.25) is 0 Å². The minimum Gasteiger partial charge on any atom is -0.444 e. The summed E-state index contributed by atoms with van der Waals surface area (Å²) >= 11 is 0. The number of carbonyl (C=O) groups excluding carboxylic acids is 1. The molecule has 1 amide bonds. The zero-order valence-electron chi connectivity index (χ0n) is 10.8. The number of nitrogens with zero attached hydrogens (tertiary/aromatic N) is 1. The van der Waals surface area contributed by atoms with Crippen LogP contribution in [0.15, 0.2) is 0 Å². The molecule has 4 nitrogen and oxygen atoms in total. The molecule has 0 unspecified atom stereocenters. The topological polar surface area (TPSA) is 38.8 Å².